The van der Waals surface area contributed by atoms with Crippen molar-refractivity contribution in [1.29, 1.82) is 0 Å². The number of aryl methyl sites for hydroxylation is 1. The summed E-state index contributed by atoms with van der Waals surface area (Å²) >= 11 is 2.13. The van der Waals surface area contributed by atoms with E-state index in [-0.39, 0.29) is 11.0 Å². The van der Waals surface area contributed by atoms with E-state index in [0.29, 0.717) is 18.5 Å². The van der Waals surface area contributed by atoms with Crippen LogP contribution < -0.4 is 5.73 Å². The molecule has 3 aromatic rings. The Bertz CT molecular complexity index is 1260. The number of benzene rings is 1. The Morgan fingerprint density at radius 1 is 1.27 bits per heavy atom. The Kier molecular flexibility index (Phi) is 5.58. The second-order valence-electron chi connectivity index (χ2n) is 7.22. The maximum atomic E-state index is 13.3. The van der Waals surface area contributed by atoms with Gasteiger partial charge in [0, 0.05) is 27.8 Å². The van der Waals surface area contributed by atoms with Gasteiger partial charge in [0.2, 0.25) is 0 Å². The fraction of sp³-hybridized carbons (Fsp3) is 0.238. The third-order valence-corrected chi connectivity index (χ3v) is 7.62. The Morgan fingerprint density at radius 3 is 2.70 bits per heavy atom. The van der Waals surface area contributed by atoms with Gasteiger partial charge in [0.15, 0.2) is 5.65 Å². The number of allylic oxidation sites excluding steroid dienone is 1. The average Bonchev–Trinajstić information content (AvgIpc) is 3.06. The van der Waals surface area contributed by atoms with Gasteiger partial charge < -0.3 is 10.5 Å². The van der Waals surface area contributed by atoms with Crippen LogP contribution in [0.15, 0.2) is 53.7 Å². The second kappa shape index (κ2) is 8.03. The number of hydrogen-bond acceptors (Lipinski definition) is 5. The number of halogens is 1. The Morgan fingerprint density at radius 2 is 2.00 bits per heavy atom. The number of primary amides is 1. The van der Waals surface area contributed by atoms with Gasteiger partial charge in [-0.05, 0) is 71.7 Å². The zero-order valence-corrected chi connectivity index (χ0v) is 19.2. The molecule has 1 aromatic carbocycles. The first-order valence-corrected chi connectivity index (χ1v) is 11.9. The third kappa shape index (κ3) is 3.83. The van der Waals surface area contributed by atoms with Gasteiger partial charge in [-0.2, -0.15) is 0 Å². The zero-order chi connectivity index (χ0) is 21.5. The van der Waals surface area contributed by atoms with Gasteiger partial charge in [-0.25, -0.2) is 22.2 Å². The highest BCUT2D eigenvalue weighted by Gasteiger charge is 2.26. The molecule has 2 heterocycles. The summed E-state index contributed by atoms with van der Waals surface area (Å²) in [5.41, 5.74) is 8.41. The van der Waals surface area contributed by atoms with Crippen molar-refractivity contribution >= 4 is 55.3 Å². The largest absolute Gasteiger partial charge is 0.446 e. The van der Waals surface area contributed by atoms with Crippen molar-refractivity contribution in [1.82, 2.24) is 8.96 Å². The fourth-order valence-electron chi connectivity index (χ4n) is 3.72. The lowest BCUT2D eigenvalue weighted by atomic mass is 9.91. The van der Waals surface area contributed by atoms with E-state index in [1.54, 1.807) is 36.7 Å². The molecule has 9 heteroatoms. The molecule has 0 aliphatic heterocycles. The molecule has 1 amide bonds. The summed E-state index contributed by atoms with van der Waals surface area (Å²) in [6, 6.07) is 8.61. The topological polar surface area (TPSA) is 104 Å². The lowest BCUT2D eigenvalue weighted by Gasteiger charge is -2.22. The SMILES string of the molecule is Cc1ccc(S(=O)(=O)n2cc(I)c3c(C4=CCCC(OC(N)=O)C4)ccnc32)cc1. The van der Waals surface area contributed by atoms with Gasteiger partial charge in [-0.1, -0.05) is 23.8 Å². The molecule has 2 aromatic heterocycles. The van der Waals surface area contributed by atoms with Crippen LogP contribution in [0.2, 0.25) is 0 Å². The highest BCUT2D eigenvalue weighted by molar-refractivity contribution is 14.1. The van der Waals surface area contributed by atoms with Crippen molar-refractivity contribution in [2.45, 2.75) is 37.2 Å². The third-order valence-electron chi connectivity index (χ3n) is 5.14. The van der Waals surface area contributed by atoms with Crippen LogP contribution in [0.3, 0.4) is 0 Å². The van der Waals surface area contributed by atoms with E-state index in [1.807, 2.05) is 13.0 Å². The van der Waals surface area contributed by atoms with Crippen LogP contribution in [0.1, 0.15) is 30.4 Å². The molecule has 0 saturated heterocycles. The van der Waals surface area contributed by atoms with Crippen LogP contribution in [0, 0.1) is 10.5 Å². The number of nitrogens with two attached hydrogens (primary N) is 1. The summed E-state index contributed by atoms with van der Waals surface area (Å²) in [5.74, 6) is 0. The van der Waals surface area contributed by atoms with Crippen molar-refractivity contribution in [2.24, 2.45) is 5.73 Å². The molecule has 30 heavy (non-hydrogen) atoms. The van der Waals surface area contributed by atoms with Crippen molar-refractivity contribution in [3.05, 3.63) is 63.5 Å². The van der Waals surface area contributed by atoms with E-state index in [0.717, 1.165) is 32.1 Å². The average molecular weight is 537 g/mol. The number of amides is 1. The van der Waals surface area contributed by atoms with Crippen molar-refractivity contribution in [3.63, 3.8) is 0 Å². The first-order valence-electron chi connectivity index (χ1n) is 9.40. The molecule has 0 fully saturated rings. The number of fused-ring (bicyclic) bond motifs is 1. The minimum Gasteiger partial charge on any atom is -0.446 e. The molecule has 0 spiro atoms. The number of ether oxygens (including phenoxy) is 1. The van der Waals surface area contributed by atoms with E-state index in [4.69, 9.17) is 10.5 Å². The molecule has 1 atom stereocenters. The van der Waals surface area contributed by atoms with E-state index >= 15 is 0 Å². The lowest BCUT2D eigenvalue weighted by Crippen LogP contribution is -2.24. The summed E-state index contributed by atoms with van der Waals surface area (Å²) < 4.78 is 33.7. The Hall–Kier alpha value is -2.40. The zero-order valence-electron chi connectivity index (χ0n) is 16.2. The number of carbonyl (C=O) groups excluding carboxylic acids is 1. The standard InChI is InChI=1S/C21H20IN3O4S/c1-13-5-7-16(8-6-13)30(27,28)25-12-18(22)19-17(9-10-24-20(19)25)14-3-2-4-15(11-14)29-21(23)26/h3,5-10,12,15H,2,4,11H2,1H3,(H2,23,26). The van der Waals surface area contributed by atoms with Crippen LogP contribution in [0.5, 0.6) is 0 Å². The summed E-state index contributed by atoms with van der Waals surface area (Å²) in [4.78, 5) is 15.7. The van der Waals surface area contributed by atoms with Crippen LogP contribution in [-0.2, 0) is 14.8 Å². The van der Waals surface area contributed by atoms with Gasteiger partial charge in [0.1, 0.15) is 6.10 Å². The van der Waals surface area contributed by atoms with E-state index in [1.165, 1.54) is 3.97 Å². The minimum absolute atomic E-state index is 0.209. The predicted octanol–water partition coefficient (Wildman–Crippen LogP) is 4.22. The molecule has 0 saturated carbocycles. The van der Waals surface area contributed by atoms with Crippen LogP contribution >= 0.6 is 22.6 Å². The molecule has 1 unspecified atom stereocenters. The van der Waals surface area contributed by atoms with Crippen molar-refractivity contribution in [3.8, 4) is 0 Å². The number of rotatable bonds is 4. The molecule has 2 N–H and O–H groups in total. The predicted molar refractivity (Wildman–Crippen MR) is 122 cm³/mol. The van der Waals surface area contributed by atoms with Crippen LogP contribution in [0.25, 0.3) is 16.6 Å². The highest BCUT2D eigenvalue weighted by Crippen LogP contribution is 2.36. The van der Waals surface area contributed by atoms with Crippen molar-refractivity contribution < 1.29 is 17.9 Å². The Labute approximate surface area is 188 Å². The smallest absolute Gasteiger partial charge is 0.404 e. The highest BCUT2D eigenvalue weighted by atomic mass is 127. The van der Waals surface area contributed by atoms with Gasteiger partial charge in [-0.3, -0.25) is 0 Å². The fourth-order valence-corrected chi connectivity index (χ4v) is 6.03. The quantitative estimate of drug-likeness (QED) is 0.502. The maximum Gasteiger partial charge on any atom is 0.404 e. The van der Waals surface area contributed by atoms with Gasteiger partial charge in [0.25, 0.3) is 10.0 Å². The summed E-state index contributed by atoms with van der Waals surface area (Å²) in [5, 5.41) is 0.764. The van der Waals surface area contributed by atoms with Gasteiger partial charge >= 0.3 is 6.09 Å². The van der Waals surface area contributed by atoms with Gasteiger partial charge in [0.05, 0.1) is 4.90 Å². The van der Waals surface area contributed by atoms with Crippen molar-refractivity contribution in [2.75, 3.05) is 0 Å². The molecule has 0 bridgehead atoms. The molecule has 4 rings (SSSR count). The number of aromatic nitrogens is 2. The number of carbonyl (C=O) groups is 1. The molecular weight excluding hydrogens is 517 g/mol. The lowest BCUT2D eigenvalue weighted by molar-refractivity contribution is 0.103. The number of hydrogen-bond donors (Lipinski definition) is 1. The van der Waals surface area contributed by atoms with E-state index in [9.17, 15) is 13.2 Å². The number of pyridine rings is 1. The second-order valence-corrected chi connectivity index (χ2v) is 10.2. The molecule has 7 nitrogen and oxygen atoms in total. The van der Waals surface area contributed by atoms with Gasteiger partial charge in [-0.15, -0.1) is 0 Å². The Balaban J connectivity index is 1.81. The van der Waals surface area contributed by atoms with E-state index in [2.05, 4.69) is 33.7 Å². The summed E-state index contributed by atoms with van der Waals surface area (Å²) in [6.45, 7) is 1.91. The normalized spacial score (nSPS) is 17.0. The molecule has 0 radical (unpaired) electrons. The molecule has 1 aliphatic rings. The molecule has 1 aliphatic carbocycles. The summed E-state index contributed by atoms with van der Waals surface area (Å²) in [7, 11) is -3.79. The number of nitrogens with zero attached hydrogens (tertiary/aromatic N) is 2. The minimum atomic E-state index is -3.79. The summed E-state index contributed by atoms with van der Waals surface area (Å²) in [6.07, 6.45) is 6.20. The maximum absolute atomic E-state index is 13.3. The monoisotopic (exact) mass is 537 g/mol. The molecule has 156 valence electrons. The van der Waals surface area contributed by atoms with Crippen LogP contribution in [-0.4, -0.2) is 29.6 Å². The first kappa shape index (κ1) is 20.9. The van der Waals surface area contributed by atoms with Crippen LogP contribution in [0.4, 0.5) is 4.79 Å². The first-order chi connectivity index (χ1) is 14.3. The van der Waals surface area contributed by atoms with E-state index < -0.39 is 16.1 Å². The molecular formula is C21H20IN3O4S.